The standard InChI is InChI=1S/C23H30N6O8/c1-11(24)20(33)27-15(6-7-19(31)32)21(34)28-16(22(35)29-17(23(36)37)9-18(25)30)8-12-10-26-14-5-3-2-4-13(12)14/h2-5,10-11,15-17,26H,6-9,24H2,1H3,(H2,25,30)(H,27,33)(H,28,34)(H,29,35)(H,31,32)(H,36,37). The first-order chi connectivity index (χ1) is 17.4. The summed E-state index contributed by atoms with van der Waals surface area (Å²) in [7, 11) is 0. The molecular formula is C23H30N6O8. The van der Waals surface area contributed by atoms with Crippen LogP contribution in [0.25, 0.3) is 10.9 Å². The number of carbonyl (C=O) groups is 6. The number of aromatic nitrogens is 1. The number of carboxylic acids is 2. The molecule has 2 aromatic rings. The summed E-state index contributed by atoms with van der Waals surface area (Å²) in [5, 5.41) is 26.1. The molecule has 1 heterocycles. The van der Waals surface area contributed by atoms with Gasteiger partial charge in [-0.15, -0.1) is 0 Å². The van der Waals surface area contributed by atoms with Gasteiger partial charge in [0.2, 0.25) is 23.6 Å². The van der Waals surface area contributed by atoms with Crippen LogP contribution in [0.4, 0.5) is 0 Å². The predicted octanol–water partition coefficient (Wildman–Crippen LogP) is -1.66. The van der Waals surface area contributed by atoms with E-state index in [1.807, 2.05) is 0 Å². The zero-order chi connectivity index (χ0) is 27.7. The van der Waals surface area contributed by atoms with Crippen LogP contribution in [0.1, 0.15) is 31.7 Å². The van der Waals surface area contributed by atoms with Gasteiger partial charge in [-0.1, -0.05) is 18.2 Å². The molecule has 0 aliphatic heterocycles. The highest BCUT2D eigenvalue weighted by Gasteiger charge is 2.31. The number of carboxylic acid groups (broad SMARTS) is 2. The Morgan fingerprint density at radius 3 is 2.11 bits per heavy atom. The molecule has 0 radical (unpaired) electrons. The van der Waals surface area contributed by atoms with Gasteiger partial charge in [0.25, 0.3) is 0 Å². The number of hydrogen-bond donors (Lipinski definition) is 8. The fourth-order valence-electron chi connectivity index (χ4n) is 3.52. The topological polar surface area (TPSA) is 247 Å². The Balaban J connectivity index is 2.34. The summed E-state index contributed by atoms with van der Waals surface area (Å²) in [6.07, 6.45) is 0.0870. The quantitative estimate of drug-likeness (QED) is 0.142. The zero-order valence-electron chi connectivity index (χ0n) is 20.0. The molecule has 37 heavy (non-hydrogen) atoms. The van der Waals surface area contributed by atoms with Gasteiger partial charge in [-0.3, -0.25) is 24.0 Å². The SMILES string of the molecule is CC(N)C(=O)NC(CCC(=O)O)C(=O)NC(Cc1c[nH]c2ccccc12)C(=O)NC(CC(N)=O)C(=O)O. The smallest absolute Gasteiger partial charge is 0.326 e. The van der Waals surface area contributed by atoms with Crippen molar-refractivity contribution in [3.63, 3.8) is 0 Å². The van der Waals surface area contributed by atoms with Crippen LogP contribution < -0.4 is 27.4 Å². The van der Waals surface area contributed by atoms with Gasteiger partial charge in [0.1, 0.15) is 18.1 Å². The van der Waals surface area contributed by atoms with Crippen LogP contribution >= 0.6 is 0 Å². The van der Waals surface area contributed by atoms with Crippen LogP contribution in [-0.4, -0.2) is 74.9 Å². The van der Waals surface area contributed by atoms with Crippen LogP contribution in [0, 0.1) is 0 Å². The molecule has 4 amide bonds. The Bertz CT molecular complexity index is 1180. The Morgan fingerprint density at radius 1 is 0.919 bits per heavy atom. The number of nitrogens with one attached hydrogen (secondary N) is 4. The summed E-state index contributed by atoms with van der Waals surface area (Å²) in [5.41, 5.74) is 12.0. The number of benzene rings is 1. The minimum Gasteiger partial charge on any atom is -0.481 e. The van der Waals surface area contributed by atoms with Crippen molar-refractivity contribution in [3.05, 3.63) is 36.0 Å². The highest BCUT2D eigenvalue weighted by molar-refractivity contribution is 5.95. The Kier molecular flexibility index (Phi) is 10.1. The van der Waals surface area contributed by atoms with Gasteiger partial charge in [-0.2, -0.15) is 0 Å². The zero-order valence-corrected chi connectivity index (χ0v) is 20.0. The van der Waals surface area contributed by atoms with E-state index in [-0.39, 0.29) is 12.8 Å². The van der Waals surface area contributed by atoms with E-state index in [4.69, 9.17) is 16.6 Å². The van der Waals surface area contributed by atoms with Crippen molar-refractivity contribution in [1.82, 2.24) is 20.9 Å². The number of rotatable bonds is 14. The van der Waals surface area contributed by atoms with Gasteiger partial charge < -0.3 is 42.6 Å². The third-order valence-corrected chi connectivity index (χ3v) is 5.45. The first kappa shape index (κ1) is 28.8. The average Bonchev–Trinajstić information content (AvgIpc) is 3.22. The number of hydrogen-bond acceptors (Lipinski definition) is 7. The van der Waals surface area contributed by atoms with Gasteiger partial charge in [-0.05, 0) is 25.0 Å². The van der Waals surface area contributed by atoms with E-state index in [0.29, 0.717) is 5.56 Å². The van der Waals surface area contributed by atoms with Crippen molar-refractivity contribution in [3.8, 4) is 0 Å². The van der Waals surface area contributed by atoms with E-state index >= 15 is 0 Å². The summed E-state index contributed by atoms with van der Waals surface area (Å²) in [4.78, 5) is 75.1. The summed E-state index contributed by atoms with van der Waals surface area (Å²) in [5.74, 6) is -6.20. The molecule has 4 unspecified atom stereocenters. The van der Waals surface area contributed by atoms with Gasteiger partial charge in [-0.25, -0.2) is 4.79 Å². The largest absolute Gasteiger partial charge is 0.481 e. The highest BCUT2D eigenvalue weighted by atomic mass is 16.4. The molecule has 0 saturated heterocycles. The van der Waals surface area contributed by atoms with Gasteiger partial charge in [0.05, 0.1) is 12.5 Å². The Labute approximate surface area is 211 Å². The third-order valence-electron chi connectivity index (χ3n) is 5.45. The number of fused-ring (bicyclic) bond motifs is 1. The second-order valence-corrected chi connectivity index (χ2v) is 8.48. The van der Waals surface area contributed by atoms with Crippen LogP contribution in [0.15, 0.2) is 30.5 Å². The summed E-state index contributed by atoms with van der Waals surface area (Å²) in [6.45, 7) is 1.37. The van der Waals surface area contributed by atoms with Gasteiger partial charge in [0.15, 0.2) is 0 Å². The lowest BCUT2D eigenvalue weighted by atomic mass is 10.0. The number of aliphatic carboxylic acids is 2. The molecule has 4 atom stereocenters. The van der Waals surface area contributed by atoms with Gasteiger partial charge in [0, 0.05) is 29.9 Å². The van der Waals surface area contributed by atoms with Gasteiger partial charge >= 0.3 is 11.9 Å². The molecule has 14 nitrogen and oxygen atoms in total. The maximum absolute atomic E-state index is 13.1. The molecule has 10 N–H and O–H groups in total. The van der Waals surface area contributed by atoms with Crippen molar-refractivity contribution in [2.45, 2.75) is 56.8 Å². The van der Waals surface area contributed by atoms with Crippen LogP contribution in [-0.2, 0) is 35.2 Å². The molecule has 0 aliphatic rings. The average molecular weight is 519 g/mol. The van der Waals surface area contributed by atoms with Crippen LogP contribution in [0.2, 0.25) is 0 Å². The molecule has 1 aromatic carbocycles. The molecule has 0 bridgehead atoms. The number of carbonyl (C=O) groups excluding carboxylic acids is 4. The van der Waals surface area contributed by atoms with E-state index in [9.17, 15) is 33.9 Å². The molecule has 2 rings (SSSR count). The Hall–Kier alpha value is -4.46. The number of amides is 4. The monoisotopic (exact) mass is 518 g/mol. The number of H-pyrrole nitrogens is 1. The fraction of sp³-hybridized carbons (Fsp3) is 0.391. The molecule has 14 heteroatoms. The van der Waals surface area contributed by atoms with Crippen molar-refractivity contribution in [2.24, 2.45) is 11.5 Å². The van der Waals surface area contributed by atoms with Crippen molar-refractivity contribution in [1.29, 1.82) is 0 Å². The van der Waals surface area contributed by atoms with Crippen molar-refractivity contribution < 1.29 is 39.0 Å². The van der Waals surface area contributed by atoms with E-state index in [1.165, 1.54) is 6.92 Å². The van der Waals surface area contributed by atoms with Crippen molar-refractivity contribution in [2.75, 3.05) is 0 Å². The molecule has 200 valence electrons. The highest BCUT2D eigenvalue weighted by Crippen LogP contribution is 2.19. The number of nitrogens with two attached hydrogens (primary N) is 2. The maximum atomic E-state index is 13.1. The molecule has 0 aliphatic carbocycles. The van der Waals surface area contributed by atoms with E-state index < -0.39 is 72.6 Å². The van der Waals surface area contributed by atoms with Crippen LogP contribution in [0.3, 0.4) is 0 Å². The fourth-order valence-corrected chi connectivity index (χ4v) is 3.52. The first-order valence-electron chi connectivity index (χ1n) is 11.3. The third kappa shape index (κ3) is 8.61. The summed E-state index contributed by atoms with van der Waals surface area (Å²) >= 11 is 0. The first-order valence-corrected chi connectivity index (χ1v) is 11.3. The minimum absolute atomic E-state index is 0.0998. The normalized spacial score (nSPS) is 14.1. The number of primary amides is 1. The predicted molar refractivity (Wildman–Crippen MR) is 130 cm³/mol. The minimum atomic E-state index is -1.65. The van der Waals surface area contributed by atoms with E-state index in [0.717, 1.165) is 10.9 Å². The second kappa shape index (κ2) is 13.0. The maximum Gasteiger partial charge on any atom is 0.326 e. The van der Waals surface area contributed by atoms with Crippen LogP contribution in [0.5, 0.6) is 0 Å². The lowest BCUT2D eigenvalue weighted by molar-refractivity contribution is -0.143. The molecule has 1 aromatic heterocycles. The molecule has 0 saturated carbocycles. The second-order valence-electron chi connectivity index (χ2n) is 8.48. The number of aromatic amines is 1. The lowest BCUT2D eigenvalue weighted by Gasteiger charge is -2.24. The summed E-state index contributed by atoms with van der Waals surface area (Å²) in [6, 6.07) is 1.81. The molecular weight excluding hydrogens is 488 g/mol. The lowest BCUT2D eigenvalue weighted by Crippen LogP contribution is -2.57. The molecule has 0 fully saturated rings. The summed E-state index contributed by atoms with van der Waals surface area (Å²) < 4.78 is 0. The number of para-hydroxylation sites is 1. The van der Waals surface area contributed by atoms with E-state index in [1.54, 1.807) is 30.5 Å². The Morgan fingerprint density at radius 2 is 1.51 bits per heavy atom. The molecule has 0 spiro atoms. The van der Waals surface area contributed by atoms with Crippen molar-refractivity contribution >= 4 is 46.5 Å². The van der Waals surface area contributed by atoms with E-state index in [2.05, 4.69) is 20.9 Å².